The molecule has 0 saturated heterocycles. The summed E-state index contributed by atoms with van der Waals surface area (Å²) in [6.07, 6.45) is 1.58. The molecule has 0 aliphatic rings. The maximum atomic E-state index is 13.2. The zero-order valence-electron chi connectivity index (χ0n) is 10.4. The molecule has 0 bridgehead atoms. The van der Waals surface area contributed by atoms with Gasteiger partial charge in [-0.15, -0.1) is 0 Å². The number of nitriles is 1. The van der Waals surface area contributed by atoms with Crippen molar-refractivity contribution in [3.63, 3.8) is 0 Å². The Morgan fingerprint density at radius 2 is 2.05 bits per heavy atom. The third-order valence-electron chi connectivity index (χ3n) is 3.14. The Kier molecular flexibility index (Phi) is 2.81. The maximum absolute atomic E-state index is 13.2. The van der Waals surface area contributed by atoms with E-state index in [2.05, 4.69) is 4.98 Å². The molecule has 0 atom stereocenters. The zero-order valence-corrected chi connectivity index (χ0v) is 10.4. The number of fused-ring (bicyclic) bond motifs is 1. The van der Waals surface area contributed by atoms with E-state index in [9.17, 15) is 9.18 Å². The predicted octanol–water partition coefficient (Wildman–Crippen LogP) is 3.41. The Morgan fingerprint density at radius 1 is 1.20 bits per heavy atom. The number of carbonyl (C=O) groups excluding carboxylic acids is 1. The van der Waals surface area contributed by atoms with Crippen molar-refractivity contribution in [2.75, 3.05) is 0 Å². The molecule has 0 fully saturated rings. The Bertz CT molecular complexity index is 858. The summed E-state index contributed by atoms with van der Waals surface area (Å²) < 4.78 is 13.2. The Morgan fingerprint density at radius 3 is 2.80 bits per heavy atom. The molecule has 3 nitrogen and oxygen atoms in total. The first-order valence-corrected chi connectivity index (χ1v) is 6.00. The molecule has 2 aromatic carbocycles. The first-order valence-electron chi connectivity index (χ1n) is 6.00. The SMILES string of the molecule is N#Cc1ccc2[nH]cc(C(=O)c3cccc(F)c3)c2c1. The van der Waals surface area contributed by atoms with Crippen LogP contribution in [0.25, 0.3) is 10.9 Å². The summed E-state index contributed by atoms with van der Waals surface area (Å²) in [5.41, 5.74) is 1.96. The topological polar surface area (TPSA) is 56.6 Å². The number of nitrogens with one attached hydrogen (secondary N) is 1. The lowest BCUT2D eigenvalue weighted by molar-refractivity contribution is 0.104. The molecule has 3 aromatic rings. The zero-order chi connectivity index (χ0) is 14.1. The van der Waals surface area contributed by atoms with E-state index in [4.69, 9.17) is 5.26 Å². The summed E-state index contributed by atoms with van der Waals surface area (Å²) in [6.45, 7) is 0. The number of benzene rings is 2. The highest BCUT2D eigenvalue weighted by Crippen LogP contribution is 2.22. The van der Waals surface area contributed by atoms with E-state index in [1.54, 1.807) is 30.5 Å². The molecule has 1 N–H and O–H groups in total. The average Bonchev–Trinajstić information content (AvgIpc) is 2.89. The van der Waals surface area contributed by atoms with Gasteiger partial charge in [0.05, 0.1) is 11.6 Å². The van der Waals surface area contributed by atoms with E-state index in [0.29, 0.717) is 16.5 Å². The largest absolute Gasteiger partial charge is 0.360 e. The van der Waals surface area contributed by atoms with Crippen LogP contribution in [0.1, 0.15) is 21.5 Å². The maximum Gasteiger partial charge on any atom is 0.195 e. The van der Waals surface area contributed by atoms with Crippen molar-refractivity contribution in [1.29, 1.82) is 5.26 Å². The number of hydrogen-bond acceptors (Lipinski definition) is 2. The van der Waals surface area contributed by atoms with Gasteiger partial charge in [-0.3, -0.25) is 4.79 Å². The van der Waals surface area contributed by atoms with Crippen LogP contribution in [0, 0.1) is 17.1 Å². The van der Waals surface area contributed by atoms with Crippen molar-refractivity contribution in [3.8, 4) is 6.07 Å². The average molecular weight is 264 g/mol. The molecule has 0 radical (unpaired) electrons. The molecule has 1 heterocycles. The summed E-state index contributed by atoms with van der Waals surface area (Å²) >= 11 is 0. The molecule has 0 amide bonds. The van der Waals surface area contributed by atoms with Gasteiger partial charge in [-0.1, -0.05) is 12.1 Å². The van der Waals surface area contributed by atoms with Crippen molar-refractivity contribution >= 4 is 16.7 Å². The second kappa shape index (κ2) is 4.63. The van der Waals surface area contributed by atoms with E-state index in [1.165, 1.54) is 18.2 Å². The first kappa shape index (κ1) is 12.1. The normalized spacial score (nSPS) is 10.4. The number of nitrogens with zero attached hydrogens (tertiary/aromatic N) is 1. The van der Waals surface area contributed by atoms with Gasteiger partial charge in [0.15, 0.2) is 5.78 Å². The van der Waals surface area contributed by atoms with Crippen LogP contribution in [0.5, 0.6) is 0 Å². The fraction of sp³-hybridized carbons (Fsp3) is 0. The molecule has 1 aromatic heterocycles. The summed E-state index contributed by atoms with van der Waals surface area (Å²) in [5.74, 6) is -0.723. The van der Waals surface area contributed by atoms with E-state index in [0.717, 1.165) is 5.52 Å². The molecule has 0 spiro atoms. The van der Waals surface area contributed by atoms with Gasteiger partial charge in [0, 0.05) is 28.2 Å². The standard InChI is InChI=1S/C16H9FN2O/c17-12-3-1-2-11(7-12)16(20)14-9-19-15-5-4-10(8-18)6-13(14)15/h1-7,9,19H. The molecular weight excluding hydrogens is 255 g/mol. The molecule has 0 aliphatic carbocycles. The van der Waals surface area contributed by atoms with Gasteiger partial charge in [-0.25, -0.2) is 4.39 Å². The lowest BCUT2D eigenvalue weighted by Gasteiger charge is -2.00. The minimum Gasteiger partial charge on any atom is -0.360 e. The number of carbonyl (C=O) groups is 1. The van der Waals surface area contributed by atoms with Crippen molar-refractivity contribution in [1.82, 2.24) is 4.98 Å². The quantitative estimate of drug-likeness (QED) is 0.721. The van der Waals surface area contributed by atoms with Gasteiger partial charge in [-0.2, -0.15) is 5.26 Å². The number of rotatable bonds is 2. The highest BCUT2D eigenvalue weighted by molar-refractivity contribution is 6.16. The molecule has 4 heteroatoms. The molecule has 0 saturated carbocycles. The lowest BCUT2D eigenvalue weighted by Crippen LogP contribution is -2.00. The Labute approximate surface area is 114 Å². The van der Waals surface area contributed by atoms with Crippen molar-refractivity contribution in [3.05, 3.63) is 71.2 Å². The van der Waals surface area contributed by atoms with E-state index in [1.807, 2.05) is 6.07 Å². The van der Waals surface area contributed by atoms with E-state index in [-0.39, 0.29) is 11.3 Å². The van der Waals surface area contributed by atoms with Crippen molar-refractivity contribution in [2.45, 2.75) is 0 Å². The predicted molar refractivity (Wildman–Crippen MR) is 72.8 cm³/mol. The smallest absolute Gasteiger partial charge is 0.195 e. The van der Waals surface area contributed by atoms with Gasteiger partial charge in [-0.05, 0) is 30.3 Å². The van der Waals surface area contributed by atoms with Gasteiger partial charge in [0.1, 0.15) is 5.82 Å². The number of H-pyrrole nitrogens is 1. The first-order chi connectivity index (χ1) is 9.69. The summed E-state index contributed by atoms with van der Waals surface area (Å²) in [5, 5.41) is 9.59. The van der Waals surface area contributed by atoms with Crippen LogP contribution in [0.4, 0.5) is 4.39 Å². The fourth-order valence-corrected chi connectivity index (χ4v) is 2.16. The van der Waals surface area contributed by atoms with E-state index >= 15 is 0 Å². The molecule has 0 unspecified atom stereocenters. The minimum absolute atomic E-state index is 0.272. The third kappa shape index (κ3) is 1.95. The summed E-state index contributed by atoms with van der Waals surface area (Å²) in [4.78, 5) is 15.4. The van der Waals surface area contributed by atoms with Gasteiger partial charge < -0.3 is 4.98 Å². The van der Waals surface area contributed by atoms with E-state index < -0.39 is 5.82 Å². The number of aromatic nitrogens is 1. The second-order valence-corrected chi connectivity index (χ2v) is 4.41. The Balaban J connectivity index is 2.15. The molecule has 96 valence electrons. The van der Waals surface area contributed by atoms with Gasteiger partial charge >= 0.3 is 0 Å². The van der Waals surface area contributed by atoms with Crippen LogP contribution in [-0.2, 0) is 0 Å². The minimum atomic E-state index is -0.451. The number of halogens is 1. The molecule has 0 aliphatic heterocycles. The van der Waals surface area contributed by atoms with Crippen molar-refractivity contribution < 1.29 is 9.18 Å². The monoisotopic (exact) mass is 264 g/mol. The Hall–Kier alpha value is -2.93. The number of aromatic amines is 1. The highest BCUT2D eigenvalue weighted by Gasteiger charge is 2.15. The van der Waals surface area contributed by atoms with Crippen LogP contribution in [-0.4, -0.2) is 10.8 Å². The molecule has 20 heavy (non-hydrogen) atoms. The highest BCUT2D eigenvalue weighted by atomic mass is 19.1. The van der Waals surface area contributed by atoms with Gasteiger partial charge in [0.2, 0.25) is 0 Å². The second-order valence-electron chi connectivity index (χ2n) is 4.41. The number of ketones is 1. The van der Waals surface area contributed by atoms with Crippen LogP contribution in [0.15, 0.2) is 48.7 Å². The van der Waals surface area contributed by atoms with Crippen LogP contribution in [0.2, 0.25) is 0 Å². The van der Waals surface area contributed by atoms with Crippen LogP contribution < -0.4 is 0 Å². The molecule has 3 rings (SSSR count). The summed E-state index contributed by atoms with van der Waals surface area (Å²) in [6, 6.07) is 12.7. The van der Waals surface area contributed by atoms with Crippen molar-refractivity contribution in [2.24, 2.45) is 0 Å². The third-order valence-corrected chi connectivity index (χ3v) is 3.14. The number of hydrogen-bond donors (Lipinski definition) is 1. The van der Waals surface area contributed by atoms with Crippen LogP contribution in [0.3, 0.4) is 0 Å². The van der Waals surface area contributed by atoms with Crippen LogP contribution >= 0.6 is 0 Å². The van der Waals surface area contributed by atoms with Gasteiger partial charge in [0.25, 0.3) is 0 Å². The fourth-order valence-electron chi connectivity index (χ4n) is 2.16. The summed E-state index contributed by atoms with van der Waals surface area (Å²) in [7, 11) is 0. The lowest BCUT2D eigenvalue weighted by atomic mass is 10.0. The molecular formula is C16H9FN2O.